The summed E-state index contributed by atoms with van der Waals surface area (Å²) in [5, 5.41) is 18.9. The summed E-state index contributed by atoms with van der Waals surface area (Å²) < 4.78 is 1.22. The van der Waals surface area contributed by atoms with E-state index >= 15 is 0 Å². The van der Waals surface area contributed by atoms with Crippen LogP contribution in [0.5, 0.6) is 0 Å². The number of nitrogens with one attached hydrogen (secondary N) is 1. The second-order valence-electron chi connectivity index (χ2n) is 5.18. The number of nitrogens with two attached hydrogens (primary N) is 1. The van der Waals surface area contributed by atoms with Gasteiger partial charge in [-0.25, -0.2) is 4.68 Å². The van der Waals surface area contributed by atoms with Crippen LogP contribution in [0.4, 0.5) is 0 Å². The lowest BCUT2D eigenvalue weighted by molar-refractivity contribution is -0.138. The van der Waals surface area contributed by atoms with Gasteiger partial charge in [0.05, 0.1) is 18.2 Å². The predicted octanol–water partition coefficient (Wildman–Crippen LogP) is -0.502. The van der Waals surface area contributed by atoms with Gasteiger partial charge in [0.2, 0.25) is 5.91 Å². The molecule has 0 bridgehead atoms. The summed E-state index contributed by atoms with van der Waals surface area (Å²) >= 11 is 0. The van der Waals surface area contributed by atoms with Crippen molar-refractivity contribution in [3.63, 3.8) is 0 Å². The van der Waals surface area contributed by atoms with Crippen LogP contribution in [0.1, 0.15) is 31.4 Å². The highest BCUT2D eigenvalue weighted by atomic mass is 16.4. The normalized spacial score (nSPS) is 17.1. The number of carboxylic acids is 1. The number of carbonyl (C=O) groups is 2. The second-order valence-corrected chi connectivity index (χ2v) is 5.18. The van der Waals surface area contributed by atoms with E-state index in [1.807, 2.05) is 0 Å². The number of amides is 1. The van der Waals surface area contributed by atoms with E-state index in [0.717, 1.165) is 25.7 Å². The largest absolute Gasteiger partial charge is 0.480 e. The molecule has 1 aliphatic rings. The zero-order chi connectivity index (χ0) is 14.6. The number of aliphatic carboxylic acids is 1. The number of hydrogen-bond acceptors (Lipinski definition) is 5. The first kappa shape index (κ1) is 14.4. The van der Waals surface area contributed by atoms with Gasteiger partial charge in [-0.1, -0.05) is 18.1 Å². The molecule has 1 aliphatic carbocycles. The molecule has 0 saturated heterocycles. The number of aromatic nitrogens is 3. The average molecular weight is 281 g/mol. The van der Waals surface area contributed by atoms with Gasteiger partial charge in [-0.2, -0.15) is 0 Å². The number of hydrogen-bond donors (Lipinski definition) is 3. The molecule has 8 heteroatoms. The fourth-order valence-electron chi connectivity index (χ4n) is 2.57. The van der Waals surface area contributed by atoms with E-state index in [9.17, 15) is 9.59 Å². The van der Waals surface area contributed by atoms with Crippen molar-refractivity contribution in [2.75, 3.05) is 6.54 Å². The van der Waals surface area contributed by atoms with E-state index in [-0.39, 0.29) is 19.0 Å². The molecule has 0 atom stereocenters. The topological polar surface area (TPSA) is 123 Å². The van der Waals surface area contributed by atoms with Crippen LogP contribution in [0.25, 0.3) is 0 Å². The maximum absolute atomic E-state index is 12.2. The maximum Gasteiger partial charge on any atom is 0.325 e. The first-order chi connectivity index (χ1) is 9.55. The summed E-state index contributed by atoms with van der Waals surface area (Å²) in [4.78, 5) is 22.7. The van der Waals surface area contributed by atoms with E-state index in [4.69, 9.17) is 10.8 Å². The van der Waals surface area contributed by atoms with Gasteiger partial charge in [0, 0.05) is 6.54 Å². The summed E-state index contributed by atoms with van der Waals surface area (Å²) in [6, 6.07) is 0. The summed E-state index contributed by atoms with van der Waals surface area (Å²) in [7, 11) is 0. The van der Waals surface area contributed by atoms with Gasteiger partial charge >= 0.3 is 5.97 Å². The fraction of sp³-hybridized carbons (Fsp3) is 0.667. The standard InChI is InChI=1S/C12H19N5O3/c13-8-12(3-1-2-4-12)11(20)14-5-9-6-17(16-15-9)7-10(18)19/h6H,1-5,7-8,13H2,(H,14,20)(H,18,19). The van der Waals surface area contributed by atoms with Gasteiger partial charge in [-0.15, -0.1) is 5.10 Å². The molecule has 4 N–H and O–H groups in total. The van der Waals surface area contributed by atoms with Gasteiger partial charge in [0.25, 0.3) is 0 Å². The van der Waals surface area contributed by atoms with Crippen molar-refractivity contribution in [3.05, 3.63) is 11.9 Å². The van der Waals surface area contributed by atoms with Crippen molar-refractivity contribution in [2.24, 2.45) is 11.1 Å². The first-order valence-corrected chi connectivity index (χ1v) is 6.65. The molecule has 0 aromatic carbocycles. The molecule has 0 unspecified atom stereocenters. The smallest absolute Gasteiger partial charge is 0.325 e. The summed E-state index contributed by atoms with van der Waals surface area (Å²) in [6.45, 7) is 0.346. The Balaban J connectivity index is 1.89. The molecule has 1 amide bonds. The van der Waals surface area contributed by atoms with Crippen LogP contribution in [-0.4, -0.2) is 38.5 Å². The highest BCUT2D eigenvalue weighted by Gasteiger charge is 2.39. The van der Waals surface area contributed by atoms with E-state index in [1.54, 1.807) is 0 Å². The minimum atomic E-state index is -0.987. The Kier molecular flexibility index (Phi) is 4.33. The Hall–Kier alpha value is -1.96. The van der Waals surface area contributed by atoms with Crippen LogP contribution >= 0.6 is 0 Å². The minimum Gasteiger partial charge on any atom is -0.480 e. The summed E-state index contributed by atoms with van der Waals surface area (Å²) in [5.74, 6) is -1.04. The van der Waals surface area contributed by atoms with Gasteiger partial charge < -0.3 is 16.2 Å². The van der Waals surface area contributed by atoms with Crippen molar-refractivity contribution >= 4 is 11.9 Å². The van der Waals surface area contributed by atoms with Crippen LogP contribution < -0.4 is 11.1 Å². The van der Waals surface area contributed by atoms with Crippen LogP contribution in [0, 0.1) is 5.41 Å². The van der Waals surface area contributed by atoms with Crippen molar-refractivity contribution < 1.29 is 14.7 Å². The van der Waals surface area contributed by atoms with Crippen molar-refractivity contribution in [1.82, 2.24) is 20.3 Å². The number of carboxylic acid groups (broad SMARTS) is 1. The van der Waals surface area contributed by atoms with E-state index < -0.39 is 11.4 Å². The minimum absolute atomic E-state index is 0.0507. The molecule has 0 aliphatic heterocycles. The Morgan fingerprint density at radius 2 is 2.15 bits per heavy atom. The predicted molar refractivity (Wildman–Crippen MR) is 69.5 cm³/mol. The van der Waals surface area contributed by atoms with E-state index in [1.165, 1.54) is 10.9 Å². The molecule has 0 spiro atoms. The fourth-order valence-corrected chi connectivity index (χ4v) is 2.57. The molecule has 0 radical (unpaired) electrons. The molecule has 1 fully saturated rings. The SMILES string of the molecule is NCC1(C(=O)NCc2cn(CC(=O)O)nn2)CCCC1. The molecule has 1 saturated carbocycles. The van der Waals surface area contributed by atoms with Gasteiger partial charge in [-0.05, 0) is 12.8 Å². The first-order valence-electron chi connectivity index (χ1n) is 6.65. The zero-order valence-corrected chi connectivity index (χ0v) is 11.2. The Morgan fingerprint density at radius 3 is 2.75 bits per heavy atom. The summed E-state index contributed by atoms with van der Waals surface area (Å²) in [6.07, 6.45) is 5.21. The Labute approximate surface area is 116 Å². The average Bonchev–Trinajstić information content (AvgIpc) is 3.05. The molecule has 1 aromatic heterocycles. The van der Waals surface area contributed by atoms with Crippen molar-refractivity contribution in [3.8, 4) is 0 Å². The lowest BCUT2D eigenvalue weighted by Gasteiger charge is -2.25. The lowest BCUT2D eigenvalue weighted by Crippen LogP contribution is -2.43. The third-order valence-corrected chi connectivity index (χ3v) is 3.75. The van der Waals surface area contributed by atoms with Crippen LogP contribution in [0.2, 0.25) is 0 Å². The van der Waals surface area contributed by atoms with Crippen molar-refractivity contribution in [2.45, 2.75) is 38.8 Å². The van der Waals surface area contributed by atoms with Crippen LogP contribution in [-0.2, 0) is 22.7 Å². The molecule has 20 heavy (non-hydrogen) atoms. The highest BCUT2D eigenvalue weighted by Crippen LogP contribution is 2.37. The molecule has 2 rings (SSSR count). The zero-order valence-electron chi connectivity index (χ0n) is 11.2. The molecular formula is C12H19N5O3. The summed E-state index contributed by atoms with van der Waals surface area (Å²) in [5.41, 5.74) is 5.82. The van der Waals surface area contributed by atoms with Crippen molar-refractivity contribution in [1.29, 1.82) is 0 Å². The van der Waals surface area contributed by atoms with Crippen LogP contribution in [0.3, 0.4) is 0 Å². The maximum atomic E-state index is 12.2. The number of carbonyl (C=O) groups excluding carboxylic acids is 1. The molecule has 1 heterocycles. The molecule has 110 valence electrons. The van der Waals surface area contributed by atoms with Gasteiger partial charge in [-0.3, -0.25) is 9.59 Å². The third kappa shape index (κ3) is 3.13. The van der Waals surface area contributed by atoms with Gasteiger partial charge in [0.15, 0.2) is 0 Å². The molecular weight excluding hydrogens is 262 g/mol. The monoisotopic (exact) mass is 281 g/mol. The number of nitrogens with zero attached hydrogens (tertiary/aromatic N) is 3. The molecule has 8 nitrogen and oxygen atoms in total. The Bertz CT molecular complexity index is 493. The highest BCUT2D eigenvalue weighted by molar-refractivity contribution is 5.83. The van der Waals surface area contributed by atoms with E-state index in [0.29, 0.717) is 12.2 Å². The number of rotatable bonds is 6. The lowest BCUT2D eigenvalue weighted by atomic mass is 9.85. The van der Waals surface area contributed by atoms with E-state index in [2.05, 4.69) is 15.6 Å². The quantitative estimate of drug-likeness (QED) is 0.645. The van der Waals surface area contributed by atoms with Crippen LogP contribution in [0.15, 0.2) is 6.20 Å². The Morgan fingerprint density at radius 1 is 1.45 bits per heavy atom. The third-order valence-electron chi connectivity index (χ3n) is 3.75. The molecule has 1 aromatic rings. The van der Waals surface area contributed by atoms with Gasteiger partial charge in [0.1, 0.15) is 12.2 Å². The second kappa shape index (κ2) is 6.00.